The van der Waals surface area contributed by atoms with Gasteiger partial charge >= 0.3 is 0 Å². The van der Waals surface area contributed by atoms with E-state index in [4.69, 9.17) is 4.74 Å². The van der Waals surface area contributed by atoms with Crippen molar-refractivity contribution in [2.24, 2.45) is 5.10 Å². The van der Waals surface area contributed by atoms with Gasteiger partial charge in [0, 0.05) is 18.0 Å². The SMILES string of the molecule is COc1cc(/C(C)=N/NC(=O)c2cccnc2)ccc1O. The van der Waals surface area contributed by atoms with E-state index in [1.54, 1.807) is 37.4 Å². The van der Waals surface area contributed by atoms with Crippen molar-refractivity contribution in [1.29, 1.82) is 0 Å². The number of benzene rings is 1. The van der Waals surface area contributed by atoms with Crippen LogP contribution in [0.3, 0.4) is 0 Å². The van der Waals surface area contributed by atoms with Crippen molar-refractivity contribution in [3.05, 3.63) is 53.9 Å². The monoisotopic (exact) mass is 285 g/mol. The first-order valence-corrected chi connectivity index (χ1v) is 6.24. The zero-order valence-corrected chi connectivity index (χ0v) is 11.7. The molecule has 2 aromatic rings. The van der Waals surface area contributed by atoms with E-state index in [9.17, 15) is 9.90 Å². The maximum atomic E-state index is 11.8. The lowest BCUT2D eigenvalue weighted by Gasteiger charge is -2.06. The Hall–Kier alpha value is -2.89. The van der Waals surface area contributed by atoms with Crippen LogP contribution < -0.4 is 10.2 Å². The van der Waals surface area contributed by atoms with Gasteiger partial charge in [-0.05, 0) is 37.3 Å². The van der Waals surface area contributed by atoms with E-state index in [0.29, 0.717) is 17.0 Å². The Kier molecular flexibility index (Phi) is 4.50. The van der Waals surface area contributed by atoms with Crippen LogP contribution in [-0.2, 0) is 0 Å². The van der Waals surface area contributed by atoms with Crippen LogP contribution in [-0.4, -0.2) is 28.8 Å². The van der Waals surface area contributed by atoms with Crippen LogP contribution in [0, 0.1) is 0 Å². The van der Waals surface area contributed by atoms with Crippen molar-refractivity contribution in [1.82, 2.24) is 10.4 Å². The second kappa shape index (κ2) is 6.51. The summed E-state index contributed by atoms with van der Waals surface area (Å²) < 4.78 is 5.03. The third kappa shape index (κ3) is 3.56. The fourth-order valence-electron chi connectivity index (χ4n) is 1.66. The Balaban J connectivity index is 2.13. The summed E-state index contributed by atoms with van der Waals surface area (Å²) in [7, 11) is 1.47. The molecule has 0 saturated heterocycles. The zero-order chi connectivity index (χ0) is 15.2. The lowest BCUT2D eigenvalue weighted by molar-refractivity contribution is 0.0954. The molecule has 0 unspecified atom stereocenters. The minimum absolute atomic E-state index is 0.0495. The first-order valence-electron chi connectivity index (χ1n) is 6.24. The fourth-order valence-corrected chi connectivity index (χ4v) is 1.66. The molecule has 0 radical (unpaired) electrons. The number of pyridine rings is 1. The number of phenols is 1. The summed E-state index contributed by atoms with van der Waals surface area (Å²) in [6.45, 7) is 1.75. The largest absolute Gasteiger partial charge is 0.504 e. The second-order valence-corrected chi connectivity index (χ2v) is 4.27. The van der Waals surface area contributed by atoms with Crippen molar-refractivity contribution < 1.29 is 14.6 Å². The van der Waals surface area contributed by atoms with Gasteiger partial charge in [-0.1, -0.05) is 0 Å². The molecule has 1 aromatic carbocycles. The molecule has 0 spiro atoms. The van der Waals surface area contributed by atoms with Crippen molar-refractivity contribution >= 4 is 11.6 Å². The van der Waals surface area contributed by atoms with Gasteiger partial charge in [-0.15, -0.1) is 0 Å². The number of carbonyl (C=O) groups is 1. The minimum atomic E-state index is -0.340. The molecule has 2 rings (SSSR count). The van der Waals surface area contributed by atoms with Crippen molar-refractivity contribution in [2.45, 2.75) is 6.92 Å². The summed E-state index contributed by atoms with van der Waals surface area (Å²) in [6, 6.07) is 8.17. The molecule has 0 fully saturated rings. The van der Waals surface area contributed by atoms with Gasteiger partial charge in [0.05, 0.1) is 18.4 Å². The van der Waals surface area contributed by atoms with E-state index in [2.05, 4.69) is 15.5 Å². The van der Waals surface area contributed by atoms with Crippen LogP contribution >= 0.6 is 0 Å². The number of amides is 1. The summed E-state index contributed by atoms with van der Waals surface area (Å²) in [5.74, 6) is 0.0577. The summed E-state index contributed by atoms with van der Waals surface area (Å²) in [5, 5.41) is 13.6. The highest BCUT2D eigenvalue weighted by Gasteiger charge is 2.07. The third-order valence-electron chi connectivity index (χ3n) is 2.85. The van der Waals surface area contributed by atoms with Gasteiger partial charge in [-0.25, -0.2) is 5.43 Å². The fraction of sp³-hybridized carbons (Fsp3) is 0.133. The molecule has 0 aliphatic heterocycles. The van der Waals surface area contributed by atoms with Crippen molar-refractivity contribution in [3.8, 4) is 11.5 Å². The van der Waals surface area contributed by atoms with E-state index in [1.165, 1.54) is 19.4 Å². The molecule has 6 nitrogen and oxygen atoms in total. The lowest BCUT2D eigenvalue weighted by atomic mass is 10.1. The van der Waals surface area contributed by atoms with Crippen LogP contribution in [0.5, 0.6) is 11.5 Å². The highest BCUT2D eigenvalue weighted by atomic mass is 16.5. The summed E-state index contributed by atoms with van der Waals surface area (Å²) in [6.07, 6.45) is 3.05. The van der Waals surface area contributed by atoms with E-state index in [-0.39, 0.29) is 11.7 Å². The first-order chi connectivity index (χ1) is 10.1. The summed E-state index contributed by atoms with van der Waals surface area (Å²) in [5.41, 5.74) is 4.20. The molecule has 108 valence electrons. The number of aromatic nitrogens is 1. The number of aromatic hydroxyl groups is 1. The first kappa shape index (κ1) is 14.5. The predicted molar refractivity (Wildman–Crippen MR) is 78.6 cm³/mol. The predicted octanol–water partition coefficient (Wildman–Crippen LogP) is 1.95. The van der Waals surface area contributed by atoms with Gasteiger partial charge in [-0.2, -0.15) is 5.10 Å². The molecular formula is C15H15N3O3. The number of nitrogens with zero attached hydrogens (tertiary/aromatic N) is 2. The van der Waals surface area contributed by atoms with Crippen molar-refractivity contribution in [2.75, 3.05) is 7.11 Å². The number of phenolic OH excluding ortho intramolecular Hbond substituents is 1. The van der Waals surface area contributed by atoms with E-state index in [1.807, 2.05) is 0 Å². The number of nitrogens with one attached hydrogen (secondary N) is 1. The standard InChI is InChI=1S/C15H15N3O3/c1-10(11-5-6-13(19)14(8-11)21-2)17-18-15(20)12-4-3-7-16-9-12/h3-9,19H,1-2H3,(H,18,20)/b17-10+. The number of hydrogen-bond acceptors (Lipinski definition) is 5. The molecular weight excluding hydrogens is 270 g/mol. The van der Waals surface area contributed by atoms with E-state index >= 15 is 0 Å². The quantitative estimate of drug-likeness (QED) is 0.664. The van der Waals surface area contributed by atoms with Crippen LogP contribution in [0.1, 0.15) is 22.8 Å². The molecule has 0 aliphatic carbocycles. The smallest absolute Gasteiger partial charge is 0.272 e. The number of carbonyl (C=O) groups excluding carboxylic acids is 1. The molecule has 2 N–H and O–H groups in total. The molecule has 0 saturated carbocycles. The summed E-state index contributed by atoms with van der Waals surface area (Å²) in [4.78, 5) is 15.7. The zero-order valence-electron chi connectivity index (χ0n) is 11.7. The average Bonchev–Trinajstić information content (AvgIpc) is 2.53. The van der Waals surface area contributed by atoms with Crippen LogP contribution in [0.2, 0.25) is 0 Å². The van der Waals surface area contributed by atoms with Crippen LogP contribution in [0.25, 0.3) is 0 Å². The maximum absolute atomic E-state index is 11.8. The normalized spacial score (nSPS) is 11.0. The van der Waals surface area contributed by atoms with Crippen molar-refractivity contribution in [3.63, 3.8) is 0 Å². The molecule has 1 heterocycles. The Morgan fingerprint density at radius 3 is 2.81 bits per heavy atom. The van der Waals surface area contributed by atoms with Gasteiger partial charge in [-0.3, -0.25) is 9.78 Å². The van der Waals surface area contributed by atoms with Gasteiger partial charge in [0.25, 0.3) is 5.91 Å². The molecule has 6 heteroatoms. The minimum Gasteiger partial charge on any atom is -0.504 e. The molecule has 21 heavy (non-hydrogen) atoms. The lowest BCUT2D eigenvalue weighted by Crippen LogP contribution is -2.19. The highest BCUT2D eigenvalue weighted by molar-refractivity contribution is 6.01. The average molecular weight is 285 g/mol. The van der Waals surface area contributed by atoms with Crippen LogP contribution in [0.4, 0.5) is 0 Å². The van der Waals surface area contributed by atoms with E-state index in [0.717, 1.165) is 5.56 Å². The Morgan fingerprint density at radius 1 is 1.33 bits per heavy atom. The molecule has 0 atom stereocenters. The van der Waals surface area contributed by atoms with E-state index < -0.39 is 0 Å². The Morgan fingerprint density at radius 2 is 2.14 bits per heavy atom. The molecule has 0 aliphatic rings. The highest BCUT2D eigenvalue weighted by Crippen LogP contribution is 2.26. The molecule has 1 amide bonds. The second-order valence-electron chi connectivity index (χ2n) is 4.27. The molecule has 1 aromatic heterocycles. The number of hydrogen-bond donors (Lipinski definition) is 2. The van der Waals surface area contributed by atoms with Crippen LogP contribution in [0.15, 0.2) is 47.8 Å². The van der Waals surface area contributed by atoms with Gasteiger partial charge < -0.3 is 9.84 Å². The maximum Gasteiger partial charge on any atom is 0.272 e. The number of rotatable bonds is 4. The summed E-state index contributed by atoms with van der Waals surface area (Å²) >= 11 is 0. The Labute approximate surface area is 122 Å². The molecule has 0 bridgehead atoms. The topological polar surface area (TPSA) is 83.8 Å². The number of ether oxygens (including phenoxy) is 1. The number of methoxy groups -OCH3 is 1. The van der Waals surface area contributed by atoms with Gasteiger partial charge in [0.2, 0.25) is 0 Å². The van der Waals surface area contributed by atoms with Gasteiger partial charge in [0.15, 0.2) is 11.5 Å². The Bertz CT molecular complexity index is 669. The van der Waals surface area contributed by atoms with Gasteiger partial charge in [0.1, 0.15) is 0 Å². The third-order valence-corrected chi connectivity index (χ3v) is 2.85. The number of hydrazone groups is 1.